The number of benzene rings is 1. The van der Waals surface area contributed by atoms with E-state index in [2.05, 4.69) is 10.4 Å². The number of H-pyrrole nitrogens is 1. The lowest BCUT2D eigenvalue weighted by Crippen LogP contribution is -2.33. The average Bonchev–Trinajstić information content (AvgIpc) is 2.67. The summed E-state index contributed by atoms with van der Waals surface area (Å²) in [5, 5.41) is 5.18. The summed E-state index contributed by atoms with van der Waals surface area (Å²) in [5.41, 5.74) is 0.127. The summed E-state index contributed by atoms with van der Waals surface area (Å²) in [6.07, 6.45) is 1.53. The van der Waals surface area contributed by atoms with E-state index in [4.69, 9.17) is 4.74 Å². The van der Waals surface area contributed by atoms with Crippen LogP contribution >= 0.6 is 0 Å². The van der Waals surface area contributed by atoms with Gasteiger partial charge in [-0.25, -0.2) is 4.68 Å². The number of carbonyl (C=O) groups excluding carboxylic acids is 2. The third-order valence-electron chi connectivity index (χ3n) is 3.91. The lowest BCUT2D eigenvalue weighted by Gasteiger charge is -2.18. The molecule has 0 saturated heterocycles. The number of aromatic amines is 1. The van der Waals surface area contributed by atoms with Gasteiger partial charge in [-0.1, -0.05) is 43.7 Å². The number of aromatic nitrogens is 2. The van der Waals surface area contributed by atoms with Crippen LogP contribution in [0.1, 0.15) is 37.8 Å². The van der Waals surface area contributed by atoms with Crippen molar-refractivity contribution in [1.82, 2.24) is 15.1 Å². The maximum atomic E-state index is 12.1. The van der Waals surface area contributed by atoms with Crippen LogP contribution in [0.3, 0.4) is 0 Å². The summed E-state index contributed by atoms with van der Waals surface area (Å²) in [6.45, 7) is 1.60. The molecule has 0 unspecified atom stereocenters. The Morgan fingerprint density at radius 1 is 1.15 bits per heavy atom. The first-order chi connectivity index (χ1) is 13.0. The van der Waals surface area contributed by atoms with E-state index in [9.17, 15) is 19.2 Å². The lowest BCUT2D eigenvalue weighted by molar-refractivity contribution is -0.149. The molecule has 2 N–H and O–H groups in total. The molecule has 0 aliphatic rings. The Bertz CT molecular complexity index is 873. The number of carbonyl (C=O) groups is 2. The van der Waals surface area contributed by atoms with E-state index >= 15 is 0 Å². The molecule has 1 atom stereocenters. The SMILES string of the molecule is CCC[C@H](NC(=O)COC(=O)CCn1[nH]c(=O)ccc1=O)c1ccccc1. The highest BCUT2D eigenvalue weighted by Gasteiger charge is 2.15. The van der Waals surface area contributed by atoms with Gasteiger partial charge in [0, 0.05) is 12.1 Å². The number of ether oxygens (including phenoxy) is 1. The molecular weight excluding hydrogens is 350 g/mol. The number of aryl methyl sites for hydroxylation is 1. The number of hydrogen-bond acceptors (Lipinski definition) is 5. The fourth-order valence-corrected chi connectivity index (χ4v) is 2.58. The largest absolute Gasteiger partial charge is 0.456 e. The van der Waals surface area contributed by atoms with Crippen molar-refractivity contribution in [1.29, 1.82) is 0 Å². The minimum atomic E-state index is -0.631. The first-order valence-electron chi connectivity index (χ1n) is 8.79. The summed E-state index contributed by atoms with van der Waals surface area (Å²) in [5.74, 6) is -1.02. The molecule has 1 heterocycles. The maximum Gasteiger partial charge on any atom is 0.308 e. The molecule has 2 rings (SSSR count). The molecule has 0 aliphatic carbocycles. The second-order valence-corrected chi connectivity index (χ2v) is 6.03. The molecule has 8 heteroatoms. The first-order valence-corrected chi connectivity index (χ1v) is 8.79. The van der Waals surface area contributed by atoms with Crippen LogP contribution in [0.5, 0.6) is 0 Å². The number of nitrogens with zero attached hydrogens (tertiary/aromatic N) is 1. The summed E-state index contributed by atoms with van der Waals surface area (Å²) < 4.78 is 5.98. The molecule has 1 aromatic carbocycles. The average molecular weight is 373 g/mol. The number of hydrogen-bond donors (Lipinski definition) is 2. The van der Waals surface area contributed by atoms with E-state index in [-0.39, 0.29) is 19.0 Å². The second kappa shape index (κ2) is 10.1. The third kappa shape index (κ3) is 6.58. The van der Waals surface area contributed by atoms with E-state index < -0.39 is 29.6 Å². The highest BCUT2D eigenvalue weighted by molar-refractivity contribution is 5.80. The van der Waals surface area contributed by atoms with Crippen molar-refractivity contribution in [3.63, 3.8) is 0 Å². The topological polar surface area (TPSA) is 110 Å². The minimum absolute atomic E-state index is 0.0299. The van der Waals surface area contributed by atoms with E-state index in [0.717, 1.165) is 35.2 Å². The van der Waals surface area contributed by atoms with Gasteiger partial charge in [-0.3, -0.25) is 24.3 Å². The number of nitrogens with one attached hydrogen (secondary N) is 2. The predicted molar refractivity (Wildman–Crippen MR) is 99.1 cm³/mol. The lowest BCUT2D eigenvalue weighted by atomic mass is 10.0. The molecule has 27 heavy (non-hydrogen) atoms. The van der Waals surface area contributed by atoms with Crippen LogP contribution in [0, 0.1) is 0 Å². The molecule has 1 aromatic heterocycles. The van der Waals surface area contributed by atoms with Gasteiger partial charge in [0.25, 0.3) is 17.0 Å². The van der Waals surface area contributed by atoms with Gasteiger partial charge in [0.2, 0.25) is 0 Å². The zero-order valence-corrected chi connectivity index (χ0v) is 15.1. The summed E-state index contributed by atoms with van der Waals surface area (Å²) in [4.78, 5) is 46.6. The minimum Gasteiger partial charge on any atom is -0.456 e. The van der Waals surface area contributed by atoms with Gasteiger partial charge in [0.15, 0.2) is 6.61 Å². The van der Waals surface area contributed by atoms with Crippen LogP contribution in [-0.4, -0.2) is 28.3 Å². The van der Waals surface area contributed by atoms with E-state index in [1.165, 1.54) is 0 Å². The standard InChI is InChI=1S/C19H23N3O5/c1-2-6-15(14-7-4-3-5-8-14)20-17(24)13-27-19(26)11-12-22-18(25)10-9-16(23)21-22/h3-5,7-10,15H,2,6,11-13H2,1H3,(H,20,24)(H,21,23)/t15-/m0/s1. The first kappa shape index (κ1) is 20.2. The molecule has 144 valence electrons. The van der Waals surface area contributed by atoms with Gasteiger partial charge in [0.1, 0.15) is 0 Å². The Hall–Kier alpha value is -3.16. The summed E-state index contributed by atoms with van der Waals surface area (Å²) >= 11 is 0. The van der Waals surface area contributed by atoms with Gasteiger partial charge in [0.05, 0.1) is 19.0 Å². The van der Waals surface area contributed by atoms with Crippen molar-refractivity contribution in [2.24, 2.45) is 0 Å². The van der Waals surface area contributed by atoms with Gasteiger partial charge in [-0.2, -0.15) is 0 Å². The smallest absolute Gasteiger partial charge is 0.308 e. The molecule has 0 bridgehead atoms. The second-order valence-electron chi connectivity index (χ2n) is 6.03. The normalized spacial score (nSPS) is 11.6. The van der Waals surface area contributed by atoms with Crippen molar-refractivity contribution < 1.29 is 14.3 Å². The van der Waals surface area contributed by atoms with Gasteiger partial charge >= 0.3 is 5.97 Å². The molecule has 0 spiro atoms. The molecule has 1 amide bonds. The summed E-state index contributed by atoms with van der Waals surface area (Å²) in [7, 11) is 0. The summed E-state index contributed by atoms with van der Waals surface area (Å²) in [6, 6.07) is 11.7. The Morgan fingerprint density at radius 3 is 2.59 bits per heavy atom. The molecule has 8 nitrogen and oxygen atoms in total. The van der Waals surface area contributed by atoms with Crippen LogP contribution in [-0.2, 0) is 20.9 Å². The quantitative estimate of drug-likeness (QED) is 0.640. The zero-order valence-electron chi connectivity index (χ0n) is 15.1. The van der Waals surface area contributed by atoms with Crippen LogP contribution in [0.4, 0.5) is 0 Å². The van der Waals surface area contributed by atoms with Crippen molar-refractivity contribution in [2.75, 3.05) is 6.61 Å². The monoisotopic (exact) mass is 373 g/mol. The molecule has 0 saturated carbocycles. The fourth-order valence-electron chi connectivity index (χ4n) is 2.58. The zero-order chi connectivity index (χ0) is 19.6. The fraction of sp³-hybridized carbons (Fsp3) is 0.368. The Balaban J connectivity index is 1.81. The van der Waals surface area contributed by atoms with Crippen LogP contribution in [0.25, 0.3) is 0 Å². The maximum absolute atomic E-state index is 12.1. The van der Waals surface area contributed by atoms with Gasteiger partial charge in [-0.15, -0.1) is 0 Å². The van der Waals surface area contributed by atoms with Crippen molar-refractivity contribution >= 4 is 11.9 Å². The molecule has 2 aromatic rings. The highest BCUT2D eigenvalue weighted by Crippen LogP contribution is 2.17. The molecule has 0 fully saturated rings. The van der Waals surface area contributed by atoms with Crippen molar-refractivity contribution in [3.8, 4) is 0 Å². The number of amides is 1. The highest BCUT2D eigenvalue weighted by atomic mass is 16.5. The van der Waals surface area contributed by atoms with Crippen molar-refractivity contribution in [2.45, 2.75) is 38.8 Å². The predicted octanol–water partition coefficient (Wildman–Crippen LogP) is 1.13. The van der Waals surface area contributed by atoms with Crippen LogP contribution in [0.15, 0.2) is 52.1 Å². The van der Waals surface area contributed by atoms with Gasteiger partial charge in [-0.05, 0) is 12.0 Å². The Morgan fingerprint density at radius 2 is 1.89 bits per heavy atom. The molecular formula is C19H23N3O5. The van der Waals surface area contributed by atoms with Gasteiger partial charge < -0.3 is 10.1 Å². The Kier molecular flexibility index (Phi) is 7.54. The molecule has 0 aliphatic heterocycles. The third-order valence-corrected chi connectivity index (χ3v) is 3.91. The number of esters is 1. The van der Waals surface area contributed by atoms with Crippen LogP contribution in [0.2, 0.25) is 0 Å². The Labute approximate surface area is 156 Å². The van der Waals surface area contributed by atoms with E-state index in [1.54, 1.807) is 0 Å². The number of rotatable bonds is 9. The van der Waals surface area contributed by atoms with E-state index in [0.29, 0.717) is 0 Å². The van der Waals surface area contributed by atoms with Crippen LogP contribution < -0.4 is 16.4 Å². The van der Waals surface area contributed by atoms with Crippen molar-refractivity contribution in [3.05, 3.63) is 68.7 Å². The molecule has 0 radical (unpaired) electrons. The van der Waals surface area contributed by atoms with E-state index in [1.807, 2.05) is 37.3 Å².